The minimum absolute atomic E-state index is 0.551. The standard InChI is InChI=1S/C12H7N5/c13-7-9-3-5-14-11(6-9)17-12-10(8-16-17)2-1-4-15-12/h1-6,8H. The van der Waals surface area contributed by atoms with E-state index < -0.39 is 0 Å². The fourth-order valence-electron chi connectivity index (χ4n) is 1.63. The first kappa shape index (κ1) is 9.48. The van der Waals surface area contributed by atoms with Crippen molar-refractivity contribution in [2.45, 2.75) is 0 Å². The second-order valence-corrected chi connectivity index (χ2v) is 3.49. The van der Waals surface area contributed by atoms with Gasteiger partial charge >= 0.3 is 0 Å². The molecule has 3 aromatic heterocycles. The molecule has 0 fully saturated rings. The van der Waals surface area contributed by atoms with Gasteiger partial charge in [0.1, 0.15) is 0 Å². The van der Waals surface area contributed by atoms with Gasteiger partial charge in [-0.1, -0.05) is 0 Å². The maximum atomic E-state index is 8.85. The summed E-state index contributed by atoms with van der Waals surface area (Å²) in [4.78, 5) is 8.44. The Kier molecular flexibility index (Phi) is 2.06. The number of fused-ring (bicyclic) bond motifs is 1. The van der Waals surface area contributed by atoms with Gasteiger partial charge in [-0.15, -0.1) is 0 Å². The molecule has 0 aliphatic rings. The Morgan fingerprint density at radius 2 is 2.12 bits per heavy atom. The van der Waals surface area contributed by atoms with Crippen molar-refractivity contribution in [1.82, 2.24) is 19.7 Å². The number of hydrogen-bond donors (Lipinski definition) is 0. The van der Waals surface area contributed by atoms with E-state index in [1.165, 1.54) is 0 Å². The van der Waals surface area contributed by atoms with Crippen LogP contribution >= 0.6 is 0 Å². The van der Waals surface area contributed by atoms with Crippen LogP contribution < -0.4 is 0 Å². The predicted molar refractivity (Wildman–Crippen MR) is 61.4 cm³/mol. The van der Waals surface area contributed by atoms with Crippen LogP contribution in [0.25, 0.3) is 16.9 Å². The molecule has 0 spiro atoms. The first-order valence-corrected chi connectivity index (χ1v) is 5.04. The van der Waals surface area contributed by atoms with Gasteiger partial charge in [0.2, 0.25) is 0 Å². The Hall–Kier alpha value is -2.74. The first-order chi connectivity index (χ1) is 8.38. The smallest absolute Gasteiger partial charge is 0.164 e. The summed E-state index contributed by atoms with van der Waals surface area (Å²) < 4.78 is 1.62. The Balaban J connectivity index is 2.24. The zero-order chi connectivity index (χ0) is 11.7. The van der Waals surface area contributed by atoms with E-state index in [0.29, 0.717) is 11.4 Å². The van der Waals surface area contributed by atoms with Crippen LogP contribution in [-0.4, -0.2) is 19.7 Å². The van der Waals surface area contributed by atoms with Gasteiger partial charge in [-0.25, -0.2) is 9.97 Å². The Bertz CT molecular complexity index is 723. The van der Waals surface area contributed by atoms with Crippen molar-refractivity contribution >= 4 is 11.0 Å². The van der Waals surface area contributed by atoms with Crippen molar-refractivity contribution in [2.24, 2.45) is 0 Å². The largest absolute Gasteiger partial charge is 0.237 e. The highest BCUT2D eigenvalue weighted by atomic mass is 15.3. The lowest BCUT2D eigenvalue weighted by atomic mass is 10.3. The number of aromatic nitrogens is 4. The number of nitrogens with zero attached hydrogens (tertiary/aromatic N) is 5. The molecule has 0 saturated heterocycles. The van der Waals surface area contributed by atoms with E-state index in [1.54, 1.807) is 35.4 Å². The second kappa shape index (κ2) is 3.68. The summed E-state index contributed by atoms with van der Waals surface area (Å²) in [6.07, 6.45) is 5.02. The number of hydrogen-bond acceptors (Lipinski definition) is 4. The van der Waals surface area contributed by atoms with Crippen molar-refractivity contribution in [2.75, 3.05) is 0 Å². The van der Waals surface area contributed by atoms with Crippen LogP contribution in [0.15, 0.2) is 42.9 Å². The van der Waals surface area contributed by atoms with Crippen molar-refractivity contribution in [3.63, 3.8) is 0 Å². The van der Waals surface area contributed by atoms with Crippen LogP contribution in [0.4, 0.5) is 0 Å². The molecule has 0 bridgehead atoms. The van der Waals surface area contributed by atoms with E-state index in [2.05, 4.69) is 21.1 Å². The summed E-state index contributed by atoms with van der Waals surface area (Å²) in [5.74, 6) is 0.595. The van der Waals surface area contributed by atoms with Crippen molar-refractivity contribution in [3.8, 4) is 11.9 Å². The normalized spacial score (nSPS) is 10.3. The molecule has 5 heteroatoms. The molecule has 0 amide bonds. The lowest BCUT2D eigenvalue weighted by Crippen LogP contribution is -2.00. The molecule has 0 radical (unpaired) electrons. The van der Waals surface area contributed by atoms with Gasteiger partial charge in [0.05, 0.1) is 17.8 Å². The molecule has 0 N–H and O–H groups in total. The van der Waals surface area contributed by atoms with E-state index in [1.807, 2.05) is 12.1 Å². The zero-order valence-corrected chi connectivity index (χ0v) is 8.78. The van der Waals surface area contributed by atoms with Gasteiger partial charge < -0.3 is 0 Å². The van der Waals surface area contributed by atoms with E-state index in [9.17, 15) is 0 Å². The fraction of sp³-hybridized carbons (Fsp3) is 0. The molecule has 17 heavy (non-hydrogen) atoms. The van der Waals surface area contributed by atoms with Crippen molar-refractivity contribution in [1.29, 1.82) is 5.26 Å². The van der Waals surface area contributed by atoms with Crippen LogP contribution in [0.1, 0.15) is 5.56 Å². The topological polar surface area (TPSA) is 67.4 Å². The highest BCUT2D eigenvalue weighted by molar-refractivity contribution is 5.75. The Labute approximate surface area is 97.0 Å². The molecule has 0 atom stereocenters. The molecule has 80 valence electrons. The predicted octanol–water partition coefficient (Wildman–Crippen LogP) is 1.69. The van der Waals surface area contributed by atoms with E-state index >= 15 is 0 Å². The van der Waals surface area contributed by atoms with Crippen molar-refractivity contribution in [3.05, 3.63) is 48.4 Å². The number of pyridine rings is 2. The third kappa shape index (κ3) is 1.52. The quantitative estimate of drug-likeness (QED) is 0.627. The molecular weight excluding hydrogens is 214 g/mol. The lowest BCUT2D eigenvalue weighted by Gasteiger charge is -2.01. The molecular formula is C12H7N5. The van der Waals surface area contributed by atoms with Gasteiger partial charge in [0.25, 0.3) is 0 Å². The van der Waals surface area contributed by atoms with Crippen LogP contribution in [0.5, 0.6) is 0 Å². The highest BCUT2D eigenvalue weighted by Gasteiger charge is 2.06. The minimum atomic E-state index is 0.551. The van der Waals surface area contributed by atoms with Crippen LogP contribution in [0.2, 0.25) is 0 Å². The molecule has 5 nitrogen and oxygen atoms in total. The van der Waals surface area contributed by atoms with Gasteiger partial charge in [0, 0.05) is 23.8 Å². The SMILES string of the molecule is N#Cc1ccnc(-n2ncc3cccnc32)c1. The Morgan fingerprint density at radius 1 is 1.18 bits per heavy atom. The first-order valence-electron chi connectivity index (χ1n) is 5.04. The maximum absolute atomic E-state index is 8.85. The molecule has 0 unspecified atom stereocenters. The Morgan fingerprint density at radius 3 is 3.00 bits per heavy atom. The monoisotopic (exact) mass is 221 g/mol. The van der Waals surface area contributed by atoms with Gasteiger partial charge in [0.15, 0.2) is 11.5 Å². The molecule has 3 rings (SSSR count). The fourth-order valence-corrected chi connectivity index (χ4v) is 1.63. The van der Waals surface area contributed by atoms with E-state index in [-0.39, 0.29) is 0 Å². The minimum Gasteiger partial charge on any atom is -0.237 e. The average molecular weight is 221 g/mol. The summed E-state index contributed by atoms with van der Waals surface area (Å²) in [5, 5.41) is 14.0. The van der Waals surface area contributed by atoms with E-state index in [0.717, 1.165) is 11.0 Å². The summed E-state index contributed by atoms with van der Waals surface area (Å²) in [7, 11) is 0. The molecule has 3 heterocycles. The molecule has 0 aliphatic carbocycles. The summed E-state index contributed by atoms with van der Waals surface area (Å²) >= 11 is 0. The molecule has 3 aromatic rings. The number of rotatable bonds is 1. The van der Waals surface area contributed by atoms with Gasteiger partial charge in [-0.3, -0.25) is 0 Å². The van der Waals surface area contributed by atoms with Crippen molar-refractivity contribution < 1.29 is 0 Å². The molecule has 0 saturated carbocycles. The molecule has 0 aliphatic heterocycles. The van der Waals surface area contributed by atoms with Crippen LogP contribution in [0.3, 0.4) is 0 Å². The second-order valence-electron chi connectivity index (χ2n) is 3.49. The summed E-state index contributed by atoms with van der Waals surface area (Å²) in [5.41, 5.74) is 1.28. The number of nitriles is 1. The third-order valence-electron chi connectivity index (χ3n) is 2.42. The van der Waals surface area contributed by atoms with Gasteiger partial charge in [-0.05, 0) is 18.2 Å². The van der Waals surface area contributed by atoms with Crippen LogP contribution in [0, 0.1) is 11.3 Å². The zero-order valence-electron chi connectivity index (χ0n) is 8.78. The third-order valence-corrected chi connectivity index (χ3v) is 2.42. The molecule has 0 aromatic carbocycles. The average Bonchev–Trinajstić information content (AvgIpc) is 2.82. The van der Waals surface area contributed by atoms with Crippen LogP contribution in [-0.2, 0) is 0 Å². The maximum Gasteiger partial charge on any atom is 0.164 e. The highest BCUT2D eigenvalue weighted by Crippen LogP contribution is 2.14. The van der Waals surface area contributed by atoms with E-state index in [4.69, 9.17) is 5.26 Å². The summed E-state index contributed by atoms with van der Waals surface area (Å²) in [6, 6.07) is 9.20. The van der Waals surface area contributed by atoms with Gasteiger partial charge in [-0.2, -0.15) is 15.0 Å². The lowest BCUT2D eigenvalue weighted by molar-refractivity contribution is 0.862. The summed E-state index contributed by atoms with van der Waals surface area (Å²) in [6.45, 7) is 0.